The molecule has 3 heterocycles. The SMILES string of the molecule is CN1[C@@H]2CC[C@H]1CC(n1cc(-c3ccc(CO)cc3)nn1)C2. The van der Waals surface area contributed by atoms with Crippen molar-refractivity contribution in [1.29, 1.82) is 0 Å². The third kappa shape index (κ3) is 2.34. The van der Waals surface area contributed by atoms with E-state index < -0.39 is 0 Å². The van der Waals surface area contributed by atoms with Crippen molar-refractivity contribution >= 4 is 0 Å². The lowest BCUT2D eigenvalue weighted by Gasteiger charge is -2.36. The molecule has 2 aliphatic heterocycles. The Morgan fingerprint density at radius 3 is 2.41 bits per heavy atom. The molecule has 0 radical (unpaired) electrons. The highest BCUT2D eigenvalue weighted by Gasteiger charge is 2.39. The van der Waals surface area contributed by atoms with Crippen LogP contribution < -0.4 is 0 Å². The first-order valence-corrected chi connectivity index (χ1v) is 8.08. The average molecular weight is 298 g/mol. The first-order valence-electron chi connectivity index (χ1n) is 8.08. The van der Waals surface area contributed by atoms with Gasteiger partial charge in [0.25, 0.3) is 0 Å². The summed E-state index contributed by atoms with van der Waals surface area (Å²) in [4.78, 5) is 2.54. The van der Waals surface area contributed by atoms with Gasteiger partial charge in [0.05, 0.1) is 18.8 Å². The zero-order valence-electron chi connectivity index (χ0n) is 12.9. The number of aromatic nitrogens is 3. The van der Waals surface area contributed by atoms with Crippen LogP contribution >= 0.6 is 0 Å². The van der Waals surface area contributed by atoms with Crippen molar-refractivity contribution in [3.8, 4) is 11.3 Å². The van der Waals surface area contributed by atoms with Gasteiger partial charge in [-0.15, -0.1) is 5.10 Å². The summed E-state index contributed by atoms with van der Waals surface area (Å²) in [6, 6.07) is 9.76. The minimum absolute atomic E-state index is 0.0747. The van der Waals surface area contributed by atoms with E-state index in [1.807, 2.05) is 24.3 Å². The van der Waals surface area contributed by atoms with Crippen LogP contribution in [0.1, 0.15) is 37.3 Å². The maximum Gasteiger partial charge on any atom is 0.113 e. The van der Waals surface area contributed by atoms with Crippen LogP contribution in [0.3, 0.4) is 0 Å². The molecule has 1 aromatic carbocycles. The van der Waals surface area contributed by atoms with Gasteiger partial charge in [-0.25, -0.2) is 4.68 Å². The monoisotopic (exact) mass is 298 g/mol. The molecule has 116 valence electrons. The Morgan fingerprint density at radius 2 is 1.77 bits per heavy atom. The predicted molar refractivity (Wildman–Crippen MR) is 84.2 cm³/mol. The molecule has 0 amide bonds. The number of hydrogen-bond donors (Lipinski definition) is 1. The molecule has 5 heteroatoms. The number of fused-ring (bicyclic) bond motifs is 2. The first kappa shape index (κ1) is 13.9. The van der Waals surface area contributed by atoms with Gasteiger partial charge in [-0.3, -0.25) is 0 Å². The summed E-state index contributed by atoms with van der Waals surface area (Å²) < 4.78 is 2.06. The summed E-state index contributed by atoms with van der Waals surface area (Å²) in [5.74, 6) is 0. The number of aliphatic hydroxyl groups is 1. The highest BCUT2D eigenvalue weighted by atomic mass is 16.3. The standard InChI is InChI=1S/C17H22N4O/c1-20-14-6-7-15(20)9-16(8-14)21-10-17(18-19-21)13-4-2-12(11-22)3-5-13/h2-5,10,14-16,22H,6-9,11H2,1H3/t14-,15+,16?. The van der Waals surface area contributed by atoms with E-state index in [-0.39, 0.29) is 6.61 Å². The van der Waals surface area contributed by atoms with E-state index in [0.717, 1.165) is 16.8 Å². The minimum atomic E-state index is 0.0747. The van der Waals surface area contributed by atoms with Crippen molar-refractivity contribution in [3.63, 3.8) is 0 Å². The van der Waals surface area contributed by atoms with Gasteiger partial charge >= 0.3 is 0 Å². The number of rotatable bonds is 3. The van der Waals surface area contributed by atoms with Crippen LogP contribution in [-0.4, -0.2) is 44.1 Å². The predicted octanol–water partition coefficient (Wildman–Crippen LogP) is 2.24. The topological polar surface area (TPSA) is 54.2 Å². The Morgan fingerprint density at radius 1 is 1.09 bits per heavy atom. The molecule has 0 spiro atoms. The van der Waals surface area contributed by atoms with Gasteiger partial charge in [-0.1, -0.05) is 29.5 Å². The number of aliphatic hydroxyl groups excluding tert-OH is 1. The quantitative estimate of drug-likeness (QED) is 0.944. The van der Waals surface area contributed by atoms with Crippen molar-refractivity contribution in [2.24, 2.45) is 0 Å². The second kappa shape index (κ2) is 5.48. The van der Waals surface area contributed by atoms with Crippen LogP contribution in [0.2, 0.25) is 0 Å². The molecule has 5 nitrogen and oxygen atoms in total. The smallest absolute Gasteiger partial charge is 0.113 e. The fourth-order valence-electron chi connectivity index (χ4n) is 3.97. The lowest BCUT2D eigenvalue weighted by Crippen LogP contribution is -2.40. The summed E-state index contributed by atoms with van der Waals surface area (Å²) in [6.07, 6.45) is 7.07. The van der Waals surface area contributed by atoms with Crippen LogP contribution in [-0.2, 0) is 6.61 Å². The molecule has 1 unspecified atom stereocenters. The van der Waals surface area contributed by atoms with E-state index in [9.17, 15) is 0 Å². The van der Waals surface area contributed by atoms with Crippen LogP contribution in [0, 0.1) is 0 Å². The van der Waals surface area contributed by atoms with Crippen molar-refractivity contribution in [3.05, 3.63) is 36.0 Å². The van der Waals surface area contributed by atoms with Gasteiger partial charge in [-0.05, 0) is 38.3 Å². The summed E-state index contributed by atoms with van der Waals surface area (Å²) in [5.41, 5.74) is 2.89. The Hall–Kier alpha value is -1.72. The average Bonchev–Trinajstić information content (AvgIpc) is 3.10. The molecule has 2 fully saturated rings. The second-order valence-electron chi connectivity index (χ2n) is 6.61. The lowest BCUT2D eigenvalue weighted by molar-refractivity contribution is 0.130. The van der Waals surface area contributed by atoms with Crippen LogP contribution in [0.15, 0.2) is 30.5 Å². The summed E-state index contributed by atoms with van der Waals surface area (Å²) >= 11 is 0. The minimum Gasteiger partial charge on any atom is -0.392 e. The van der Waals surface area contributed by atoms with E-state index in [1.54, 1.807) is 0 Å². The fraction of sp³-hybridized carbons (Fsp3) is 0.529. The molecule has 2 aromatic rings. The molecular formula is C17H22N4O. The molecule has 2 aliphatic rings. The number of benzene rings is 1. The van der Waals surface area contributed by atoms with E-state index in [1.165, 1.54) is 25.7 Å². The first-order chi connectivity index (χ1) is 10.7. The fourth-order valence-corrected chi connectivity index (χ4v) is 3.97. The largest absolute Gasteiger partial charge is 0.392 e. The zero-order chi connectivity index (χ0) is 15.1. The Balaban J connectivity index is 1.54. The lowest BCUT2D eigenvalue weighted by atomic mass is 9.98. The van der Waals surface area contributed by atoms with Gasteiger partial charge < -0.3 is 10.0 Å². The van der Waals surface area contributed by atoms with Crippen molar-refractivity contribution in [1.82, 2.24) is 19.9 Å². The molecule has 2 bridgehead atoms. The summed E-state index contributed by atoms with van der Waals surface area (Å²) in [6.45, 7) is 0.0747. The highest BCUT2D eigenvalue weighted by Crippen LogP contribution is 2.39. The van der Waals surface area contributed by atoms with Crippen LogP contribution in [0.5, 0.6) is 0 Å². The molecule has 1 aromatic heterocycles. The van der Waals surface area contributed by atoms with Gasteiger partial charge in [0.15, 0.2) is 0 Å². The third-order valence-electron chi connectivity index (χ3n) is 5.39. The van der Waals surface area contributed by atoms with Crippen molar-refractivity contribution in [2.45, 2.75) is 50.4 Å². The third-order valence-corrected chi connectivity index (χ3v) is 5.39. The van der Waals surface area contributed by atoms with Crippen molar-refractivity contribution in [2.75, 3.05) is 7.05 Å². The zero-order valence-corrected chi connectivity index (χ0v) is 12.9. The Labute approximate surface area is 130 Å². The van der Waals surface area contributed by atoms with Gasteiger partial charge in [-0.2, -0.15) is 0 Å². The van der Waals surface area contributed by atoms with E-state index in [4.69, 9.17) is 5.11 Å². The van der Waals surface area contributed by atoms with Gasteiger partial charge in [0.1, 0.15) is 5.69 Å². The number of hydrogen-bond acceptors (Lipinski definition) is 4. The molecule has 1 N–H and O–H groups in total. The molecule has 0 saturated carbocycles. The molecule has 3 atom stereocenters. The maximum atomic E-state index is 9.11. The van der Waals surface area contributed by atoms with E-state index >= 15 is 0 Å². The Bertz CT molecular complexity index is 637. The van der Waals surface area contributed by atoms with E-state index in [2.05, 4.69) is 33.1 Å². The molecule has 4 rings (SSSR count). The second-order valence-corrected chi connectivity index (χ2v) is 6.61. The number of nitrogens with zero attached hydrogens (tertiary/aromatic N) is 4. The van der Waals surface area contributed by atoms with Crippen LogP contribution in [0.25, 0.3) is 11.3 Å². The summed E-state index contributed by atoms with van der Waals surface area (Å²) in [5, 5.41) is 17.8. The highest BCUT2D eigenvalue weighted by molar-refractivity contribution is 5.57. The normalized spacial score (nSPS) is 28.2. The van der Waals surface area contributed by atoms with Crippen LogP contribution in [0.4, 0.5) is 0 Å². The molecule has 22 heavy (non-hydrogen) atoms. The molecular weight excluding hydrogens is 276 g/mol. The molecule has 0 aliphatic carbocycles. The Kier molecular flexibility index (Phi) is 3.47. The van der Waals surface area contributed by atoms with Crippen molar-refractivity contribution < 1.29 is 5.11 Å². The van der Waals surface area contributed by atoms with Gasteiger partial charge in [0, 0.05) is 17.6 Å². The molecule has 2 saturated heterocycles. The van der Waals surface area contributed by atoms with E-state index in [0.29, 0.717) is 18.1 Å². The maximum absolute atomic E-state index is 9.11. The summed E-state index contributed by atoms with van der Waals surface area (Å²) in [7, 11) is 2.26. The van der Waals surface area contributed by atoms with Gasteiger partial charge in [0.2, 0.25) is 0 Å². The number of piperidine rings is 1.